The maximum atomic E-state index is 4.71. The Morgan fingerprint density at radius 2 is 1.80 bits per heavy atom. The molecule has 2 N–H and O–H groups in total. The molecule has 0 aromatic carbocycles. The molecule has 3 aromatic heterocycles. The van der Waals surface area contributed by atoms with Crippen LogP contribution in [0.2, 0.25) is 0 Å². The zero-order valence-electron chi connectivity index (χ0n) is 17.7. The quantitative estimate of drug-likeness (QED) is 0.675. The van der Waals surface area contributed by atoms with E-state index in [-0.39, 0.29) is 0 Å². The zero-order chi connectivity index (χ0) is 20.7. The normalized spacial score (nSPS) is 22.9. The fourth-order valence-corrected chi connectivity index (χ4v) is 4.71. The summed E-state index contributed by atoms with van der Waals surface area (Å²) in [6.45, 7) is 6.32. The Morgan fingerprint density at radius 3 is 2.47 bits per heavy atom. The van der Waals surface area contributed by atoms with Crippen LogP contribution in [0.1, 0.15) is 24.0 Å². The van der Waals surface area contributed by atoms with Crippen LogP contribution >= 0.6 is 0 Å². The number of hydrogen-bond donors (Lipinski definition) is 2. The maximum absolute atomic E-state index is 4.71. The first-order valence-electron chi connectivity index (χ1n) is 10.6. The van der Waals surface area contributed by atoms with Gasteiger partial charge in [-0.15, -0.1) is 0 Å². The number of hydrogen-bond acceptors (Lipinski definition) is 7. The number of aromatic nitrogens is 5. The lowest BCUT2D eigenvalue weighted by Gasteiger charge is -2.21. The molecule has 1 aliphatic heterocycles. The number of aryl methyl sites for hydroxylation is 3. The molecule has 156 valence electrons. The predicted molar refractivity (Wildman–Crippen MR) is 118 cm³/mol. The molecule has 0 amide bonds. The first-order chi connectivity index (χ1) is 14.5. The van der Waals surface area contributed by atoms with Crippen LogP contribution in [-0.4, -0.2) is 43.9 Å². The SMILES string of the molecule is Cc1ccc(N2CC3CC(Nc4nc(Nc5cnn(C)c5)ncc4C)CC3C2)nc1. The first-order valence-corrected chi connectivity index (χ1v) is 10.6. The van der Waals surface area contributed by atoms with Crippen molar-refractivity contribution < 1.29 is 0 Å². The molecular weight excluding hydrogens is 376 g/mol. The fourth-order valence-electron chi connectivity index (χ4n) is 4.71. The summed E-state index contributed by atoms with van der Waals surface area (Å²) >= 11 is 0. The highest BCUT2D eigenvalue weighted by Gasteiger charge is 2.41. The molecule has 5 rings (SSSR count). The standard InChI is InChI=1S/C22H28N8/c1-14-4-5-20(23-8-14)30-11-16-6-18(7-17(16)12-30)26-21-15(2)9-24-22(28-21)27-19-10-25-29(3)13-19/h4-5,8-10,13,16-18H,6-7,11-12H2,1-3H3,(H2,24,26,27,28). The lowest BCUT2D eigenvalue weighted by molar-refractivity contribution is 0.494. The molecule has 0 bridgehead atoms. The number of pyridine rings is 1. The third kappa shape index (κ3) is 3.81. The molecule has 8 heteroatoms. The van der Waals surface area contributed by atoms with Crippen LogP contribution in [0.5, 0.6) is 0 Å². The second kappa shape index (κ2) is 7.59. The minimum atomic E-state index is 0.452. The van der Waals surface area contributed by atoms with Gasteiger partial charge in [0.1, 0.15) is 11.6 Å². The van der Waals surface area contributed by atoms with E-state index in [1.807, 2.05) is 25.6 Å². The molecule has 0 spiro atoms. The van der Waals surface area contributed by atoms with Gasteiger partial charge >= 0.3 is 0 Å². The van der Waals surface area contributed by atoms with Crippen molar-refractivity contribution in [3.8, 4) is 0 Å². The van der Waals surface area contributed by atoms with Gasteiger partial charge in [-0.2, -0.15) is 10.1 Å². The first kappa shape index (κ1) is 18.8. The molecule has 4 heterocycles. The van der Waals surface area contributed by atoms with Crippen LogP contribution in [0.4, 0.5) is 23.3 Å². The molecule has 8 nitrogen and oxygen atoms in total. The van der Waals surface area contributed by atoms with E-state index < -0.39 is 0 Å². The van der Waals surface area contributed by atoms with Crippen molar-refractivity contribution in [2.45, 2.75) is 32.7 Å². The van der Waals surface area contributed by atoms with Crippen LogP contribution in [0, 0.1) is 25.7 Å². The molecular formula is C22H28N8. The molecule has 1 saturated heterocycles. The van der Waals surface area contributed by atoms with E-state index in [2.05, 4.69) is 56.6 Å². The highest BCUT2D eigenvalue weighted by atomic mass is 15.3. The van der Waals surface area contributed by atoms with E-state index in [0.717, 1.165) is 36.0 Å². The monoisotopic (exact) mass is 404 g/mol. The van der Waals surface area contributed by atoms with Crippen molar-refractivity contribution in [1.82, 2.24) is 24.7 Å². The van der Waals surface area contributed by atoms with Crippen molar-refractivity contribution >= 4 is 23.3 Å². The van der Waals surface area contributed by atoms with Crippen molar-refractivity contribution in [2.24, 2.45) is 18.9 Å². The number of anilines is 4. The molecule has 1 aliphatic carbocycles. The van der Waals surface area contributed by atoms with Gasteiger partial charge in [0.2, 0.25) is 5.95 Å². The van der Waals surface area contributed by atoms with Gasteiger partial charge in [0.25, 0.3) is 0 Å². The molecule has 2 fully saturated rings. The summed E-state index contributed by atoms with van der Waals surface area (Å²) in [6.07, 6.45) is 9.84. The smallest absolute Gasteiger partial charge is 0.229 e. The van der Waals surface area contributed by atoms with E-state index in [1.165, 1.54) is 18.4 Å². The summed E-state index contributed by atoms with van der Waals surface area (Å²) in [5, 5.41) is 11.1. The third-order valence-electron chi connectivity index (χ3n) is 6.24. The lowest BCUT2D eigenvalue weighted by Crippen LogP contribution is -2.26. The lowest BCUT2D eigenvalue weighted by atomic mass is 10.0. The van der Waals surface area contributed by atoms with Gasteiger partial charge in [0.05, 0.1) is 11.9 Å². The van der Waals surface area contributed by atoms with E-state index in [1.54, 1.807) is 10.9 Å². The predicted octanol–water partition coefficient (Wildman–Crippen LogP) is 3.29. The van der Waals surface area contributed by atoms with Crippen molar-refractivity contribution in [3.63, 3.8) is 0 Å². The molecule has 3 aromatic rings. The van der Waals surface area contributed by atoms with Crippen LogP contribution in [0.3, 0.4) is 0 Å². The van der Waals surface area contributed by atoms with E-state index in [0.29, 0.717) is 23.8 Å². The van der Waals surface area contributed by atoms with Crippen LogP contribution in [0.15, 0.2) is 36.9 Å². The number of rotatable bonds is 5. The number of nitrogens with one attached hydrogen (secondary N) is 2. The van der Waals surface area contributed by atoms with Gasteiger partial charge in [-0.1, -0.05) is 6.07 Å². The second-order valence-electron chi connectivity index (χ2n) is 8.68. The Kier molecular flexibility index (Phi) is 4.77. The highest BCUT2D eigenvalue weighted by Crippen LogP contribution is 2.40. The zero-order valence-corrected chi connectivity index (χ0v) is 17.7. The topological polar surface area (TPSA) is 83.8 Å². The summed E-state index contributed by atoms with van der Waals surface area (Å²) in [5.74, 6) is 4.03. The van der Waals surface area contributed by atoms with Crippen LogP contribution < -0.4 is 15.5 Å². The van der Waals surface area contributed by atoms with Crippen LogP contribution in [0.25, 0.3) is 0 Å². The van der Waals surface area contributed by atoms with Crippen molar-refractivity contribution in [3.05, 3.63) is 48.0 Å². The highest BCUT2D eigenvalue weighted by molar-refractivity contribution is 5.54. The van der Waals surface area contributed by atoms with E-state index in [9.17, 15) is 0 Å². The summed E-state index contributed by atoms with van der Waals surface area (Å²) < 4.78 is 1.75. The third-order valence-corrected chi connectivity index (χ3v) is 6.24. The van der Waals surface area contributed by atoms with Gasteiger partial charge in [-0.25, -0.2) is 9.97 Å². The van der Waals surface area contributed by atoms with Gasteiger partial charge in [0, 0.05) is 50.3 Å². The minimum absolute atomic E-state index is 0.452. The molecule has 2 unspecified atom stereocenters. The summed E-state index contributed by atoms with van der Waals surface area (Å²) in [5.41, 5.74) is 3.15. The summed E-state index contributed by atoms with van der Waals surface area (Å²) in [4.78, 5) is 16.2. The van der Waals surface area contributed by atoms with Gasteiger partial charge in [-0.3, -0.25) is 4.68 Å². The van der Waals surface area contributed by atoms with E-state index >= 15 is 0 Å². The molecule has 1 saturated carbocycles. The van der Waals surface area contributed by atoms with Gasteiger partial charge in [-0.05, 0) is 50.2 Å². The molecule has 30 heavy (non-hydrogen) atoms. The number of nitrogens with zero attached hydrogens (tertiary/aromatic N) is 6. The Labute approximate surface area is 176 Å². The summed E-state index contributed by atoms with van der Waals surface area (Å²) in [6, 6.07) is 4.75. The minimum Gasteiger partial charge on any atom is -0.367 e. The maximum Gasteiger partial charge on any atom is 0.229 e. The van der Waals surface area contributed by atoms with E-state index in [4.69, 9.17) is 4.98 Å². The largest absolute Gasteiger partial charge is 0.367 e. The summed E-state index contributed by atoms with van der Waals surface area (Å²) in [7, 11) is 1.89. The Hall–Kier alpha value is -3.16. The van der Waals surface area contributed by atoms with Gasteiger partial charge in [0.15, 0.2) is 0 Å². The average Bonchev–Trinajstić information content (AvgIpc) is 3.40. The second-order valence-corrected chi connectivity index (χ2v) is 8.68. The van der Waals surface area contributed by atoms with Crippen LogP contribution in [-0.2, 0) is 7.05 Å². The molecule has 2 aliphatic rings. The molecule has 0 radical (unpaired) electrons. The van der Waals surface area contributed by atoms with Crippen molar-refractivity contribution in [2.75, 3.05) is 28.6 Å². The molecule has 2 atom stereocenters. The Balaban J connectivity index is 1.22. The fraction of sp³-hybridized carbons (Fsp3) is 0.455. The Bertz CT molecular complexity index is 1010. The number of fused-ring (bicyclic) bond motifs is 1. The van der Waals surface area contributed by atoms with Crippen molar-refractivity contribution in [1.29, 1.82) is 0 Å². The van der Waals surface area contributed by atoms with Gasteiger partial charge < -0.3 is 15.5 Å². The average molecular weight is 405 g/mol. The Morgan fingerprint density at radius 1 is 1.00 bits per heavy atom.